The summed E-state index contributed by atoms with van der Waals surface area (Å²) in [6, 6.07) is 20.3. The highest BCUT2D eigenvalue weighted by Crippen LogP contribution is 2.46. The third-order valence-corrected chi connectivity index (χ3v) is 23.6. The number of benzene rings is 2. The molecule has 0 unspecified atom stereocenters. The molecule has 1 heterocycles. The molecule has 50 heavy (non-hydrogen) atoms. The van der Waals surface area contributed by atoms with E-state index in [1.165, 1.54) is 5.56 Å². The predicted molar refractivity (Wildman–Crippen MR) is 213 cm³/mol. The maximum absolute atomic E-state index is 12.5. The molecule has 0 saturated carbocycles. The number of carbonyl (C=O) groups is 1. The molecule has 0 spiro atoms. The van der Waals surface area contributed by atoms with E-state index in [0.29, 0.717) is 46.1 Å². The van der Waals surface area contributed by atoms with Gasteiger partial charge in [0.1, 0.15) is 6.10 Å². The molecule has 6 atom stereocenters. The van der Waals surface area contributed by atoms with Gasteiger partial charge in [-0.05, 0) is 71.1 Å². The van der Waals surface area contributed by atoms with Crippen LogP contribution in [-0.4, -0.2) is 63.8 Å². The van der Waals surface area contributed by atoms with Gasteiger partial charge in [-0.1, -0.05) is 144 Å². The molecule has 0 aliphatic carbocycles. The summed E-state index contributed by atoms with van der Waals surface area (Å²) in [6.07, 6.45) is 0.128. The van der Waals surface area contributed by atoms with E-state index in [1.54, 1.807) is 6.92 Å². The van der Waals surface area contributed by atoms with Crippen LogP contribution in [0.4, 0.5) is 0 Å². The first-order valence-corrected chi connectivity index (χ1v) is 23.6. The normalized spacial score (nSPS) is 20.4. The monoisotopic (exact) mass is 728 g/mol. The third kappa shape index (κ3) is 10.6. The highest BCUT2D eigenvalue weighted by Gasteiger charge is 2.53. The van der Waals surface area contributed by atoms with Crippen LogP contribution in [0, 0.1) is 11.8 Å². The molecule has 0 radical (unpaired) electrons. The Balaban J connectivity index is 0.000000347. The van der Waals surface area contributed by atoms with E-state index in [1.807, 2.05) is 43.3 Å². The number of carbonyl (C=O) groups excluding carboxylic acids is 1. The van der Waals surface area contributed by atoms with Crippen molar-refractivity contribution in [2.75, 3.05) is 6.61 Å². The number of esters is 1. The minimum atomic E-state index is -2.12. The first-order valence-electron chi connectivity index (χ1n) is 19.3. The minimum absolute atomic E-state index is 0.0171. The average molecular weight is 729 g/mol. The van der Waals surface area contributed by atoms with E-state index in [9.17, 15) is 15.0 Å². The van der Waals surface area contributed by atoms with Gasteiger partial charge in [-0.3, -0.25) is 4.79 Å². The zero-order valence-corrected chi connectivity index (χ0v) is 35.9. The smallest absolute Gasteiger partial charge is 0.312 e. The molecule has 1 aliphatic heterocycles. The molecule has 0 aromatic heterocycles. The van der Waals surface area contributed by atoms with Gasteiger partial charge in [0.25, 0.3) is 0 Å². The molecule has 1 aliphatic rings. The summed E-state index contributed by atoms with van der Waals surface area (Å²) in [5, 5.41) is 20.5. The highest BCUT2D eigenvalue weighted by molar-refractivity contribution is 6.78. The zero-order valence-electron chi connectivity index (χ0n) is 33.9. The number of cyclic esters (lactones) is 1. The van der Waals surface area contributed by atoms with Crippen LogP contribution in [0.2, 0.25) is 33.2 Å². The van der Waals surface area contributed by atoms with Gasteiger partial charge in [0, 0.05) is 12.5 Å². The van der Waals surface area contributed by atoms with Gasteiger partial charge < -0.3 is 23.8 Å². The van der Waals surface area contributed by atoms with E-state index in [-0.39, 0.29) is 42.7 Å². The number of aliphatic hydroxyl groups excluding tert-OH is 2. The van der Waals surface area contributed by atoms with Crippen molar-refractivity contribution in [3.05, 3.63) is 71.8 Å². The second kappa shape index (κ2) is 19.9. The van der Waals surface area contributed by atoms with Gasteiger partial charge >= 0.3 is 5.97 Å². The van der Waals surface area contributed by atoms with Crippen molar-refractivity contribution in [3.8, 4) is 0 Å². The lowest BCUT2D eigenvalue weighted by Gasteiger charge is -2.46. The van der Waals surface area contributed by atoms with Gasteiger partial charge in [0.2, 0.25) is 16.6 Å². The quantitative estimate of drug-likeness (QED) is 0.125. The van der Waals surface area contributed by atoms with Crippen molar-refractivity contribution in [1.29, 1.82) is 0 Å². The minimum Gasteiger partial charge on any atom is -0.460 e. The molecule has 2 aromatic rings. The van der Waals surface area contributed by atoms with Crippen LogP contribution in [0.3, 0.4) is 0 Å². The molecule has 8 heteroatoms. The van der Waals surface area contributed by atoms with E-state index >= 15 is 0 Å². The Hall–Kier alpha value is -1.82. The number of hydrogen-bond donors (Lipinski definition) is 2. The lowest BCUT2D eigenvalue weighted by Crippen LogP contribution is -2.54. The van der Waals surface area contributed by atoms with Crippen molar-refractivity contribution >= 4 is 22.6 Å². The fourth-order valence-corrected chi connectivity index (χ4v) is 20.4. The van der Waals surface area contributed by atoms with Crippen molar-refractivity contribution in [2.24, 2.45) is 11.8 Å². The van der Waals surface area contributed by atoms with Crippen LogP contribution in [0.25, 0.3) is 0 Å². The Kier molecular flexibility index (Phi) is 17.6. The number of aliphatic hydroxyl groups is 2. The summed E-state index contributed by atoms with van der Waals surface area (Å²) in [5.74, 6) is -0.424. The van der Waals surface area contributed by atoms with Crippen LogP contribution in [0.15, 0.2) is 60.7 Å². The Bertz CT molecular complexity index is 1200. The van der Waals surface area contributed by atoms with Crippen molar-refractivity contribution in [1.82, 2.24) is 0 Å². The largest absolute Gasteiger partial charge is 0.460 e. The maximum Gasteiger partial charge on any atom is 0.312 e. The maximum atomic E-state index is 12.5. The lowest BCUT2D eigenvalue weighted by atomic mass is 9.92. The van der Waals surface area contributed by atoms with Crippen LogP contribution in [0.5, 0.6) is 0 Å². The summed E-state index contributed by atoms with van der Waals surface area (Å²) in [6.45, 7) is 30.9. The first-order chi connectivity index (χ1) is 23.4. The molecule has 284 valence electrons. The average Bonchev–Trinajstić information content (AvgIpc) is 3.29. The zero-order chi connectivity index (χ0) is 38.0. The SMILES string of the molecule is CC(C)[Si](O[C@H]([C@H](CO)Cc1ccccc1)[C@H](C)O)(C(C)C)C(C)C.CC(C)[Si](O[C@H]1[C@H](C)OC(=O)[C@@H]1Cc1ccccc1)(C(C)C)C(C)C. The van der Waals surface area contributed by atoms with Crippen LogP contribution in [-0.2, 0) is 31.2 Å². The molecule has 0 amide bonds. The summed E-state index contributed by atoms with van der Waals surface area (Å²) >= 11 is 0. The van der Waals surface area contributed by atoms with Crippen molar-refractivity contribution in [3.63, 3.8) is 0 Å². The van der Waals surface area contributed by atoms with Gasteiger partial charge in [-0.2, -0.15) is 0 Å². The molecule has 0 bridgehead atoms. The molecule has 6 nitrogen and oxygen atoms in total. The number of rotatable bonds is 17. The second-order valence-corrected chi connectivity index (χ2v) is 27.4. The first kappa shape index (κ1) is 44.3. The summed E-state index contributed by atoms with van der Waals surface area (Å²) < 4.78 is 19.4. The van der Waals surface area contributed by atoms with E-state index in [0.717, 1.165) is 5.56 Å². The molecular weight excluding hydrogens is 657 g/mol. The highest BCUT2D eigenvalue weighted by atomic mass is 28.4. The summed E-state index contributed by atoms with van der Waals surface area (Å²) in [4.78, 5) is 12.5. The number of ether oxygens (including phenoxy) is 1. The van der Waals surface area contributed by atoms with E-state index < -0.39 is 22.7 Å². The van der Waals surface area contributed by atoms with Crippen LogP contribution < -0.4 is 0 Å². The Morgan fingerprint density at radius 3 is 1.48 bits per heavy atom. The van der Waals surface area contributed by atoms with E-state index in [2.05, 4.69) is 107 Å². The van der Waals surface area contributed by atoms with Crippen molar-refractivity contribution in [2.45, 2.75) is 167 Å². The lowest BCUT2D eigenvalue weighted by molar-refractivity contribution is -0.143. The van der Waals surface area contributed by atoms with Crippen LogP contribution in [0.1, 0.15) is 108 Å². The van der Waals surface area contributed by atoms with Gasteiger partial charge in [0.05, 0.1) is 24.2 Å². The predicted octanol–water partition coefficient (Wildman–Crippen LogP) is 10.1. The summed E-state index contributed by atoms with van der Waals surface area (Å²) in [7, 11) is -4.18. The fraction of sp³-hybridized carbons (Fsp3) is 0.690. The second-order valence-electron chi connectivity index (χ2n) is 16.6. The Labute approximate surface area is 308 Å². The molecule has 1 fully saturated rings. The van der Waals surface area contributed by atoms with E-state index in [4.69, 9.17) is 13.6 Å². The molecule has 2 aromatic carbocycles. The Morgan fingerprint density at radius 2 is 1.10 bits per heavy atom. The summed E-state index contributed by atoms with van der Waals surface area (Å²) in [5.41, 5.74) is 5.16. The fourth-order valence-electron chi connectivity index (χ4n) is 9.12. The number of hydrogen-bond acceptors (Lipinski definition) is 6. The van der Waals surface area contributed by atoms with Crippen molar-refractivity contribution < 1.29 is 28.6 Å². The van der Waals surface area contributed by atoms with Crippen LogP contribution >= 0.6 is 0 Å². The molecule has 3 rings (SSSR count). The van der Waals surface area contributed by atoms with Gasteiger partial charge in [-0.25, -0.2) is 0 Å². The topological polar surface area (TPSA) is 85.2 Å². The molecule has 2 N–H and O–H groups in total. The molecule has 1 saturated heterocycles. The standard InChI is InChI=1S/C21H34O3Si.C21H38O3Si/c1-14(2)25(15(3)4,16(5)6)24-20-17(7)23-21(22)19(20)13-18-11-9-8-10-12-18;1-15(2)25(16(3)4,17(5)6)24-21(18(7)23)20(14-22)13-19-11-9-8-10-12-19/h8-12,14-17,19-20H,13H2,1-7H3;8-12,15-18,20-23H,13-14H2,1-7H3/t17-,19+,20-;18-,20-,21-/m00/s1. The van der Waals surface area contributed by atoms with Gasteiger partial charge in [0.15, 0.2) is 0 Å². The Morgan fingerprint density at radius 1 is 0.680 bits per heavy atom. The van der Waals surface area contributed by atoms with Gasteiger partial charge in [-0.15, -0.1) is 0 Å². The molecular formula is C42H72O6Si2. The third-order valence-electron chi connectivity index (χ3n) is 11.4.